The van der Waals surface area contributed by atoms with Gasteiger partial charge in [-0.25, -0.2) is 13.2 Å². The van der Waals surface area contributed by atoms with Crippen LogP contribution in [0.4, 0.5) is 10.5 Å². The van der Waals surface area contributed by atoms with Gasteiger partial charge in [0.1, 0.15) is 17.5 Å². The highest BCUT2D eigenvalue weighted by atomic mass is 32.2. The lowest BCUT2D eigenvalue weighted by molar-refractivity contribution is -0.139. The number of ether oxygens (including phenoxy) is 3. The zero-order valence-electron chi connectivity index (χ0n) is 24.8. The van der Waals surface area contributed by atoms with Gasteiger partial charge in [0, 0.05) is 25.9 Å². The first-order valence-corrected chi connectivity index (χ1v) is 15.5. The second kappa shape index (κ2) is 14.2. The fraction of sp³-hybridized carbons (Fsp3) is 0.452. The normalized spacial score (nSPS) is 14.3. The third-order valence-corrected chi connectivity index (χ3v) is 7.90. The number of amides is 1. The second-order valence-corrected chi connectivity index (χ2v) is 12.9. The predicted molar refractivity (Wildman–Crippen MR) is 161 cm³/mol. The van der Waals surface area contributed by atoms with Gasteiger partial charge in [0.05, 0.1) is 30.5 Å². The first-order chi connectivity index (χ1) is 19.8. The first kappa shape index (κ1) is 32.5. The molecule has 1 amide bonds. The van der Waals surface area contributed by atoms with Crippen LogP contribution in [-0.2, 0) is 24.3 Å². The van der Waals surface area contributed by atoms with Crippen molar-refractivity contribution >= 4 is 33.8 Å². The van der Waals surface area contributed by atoms with Crippen LogP contribution < -0.4 is 9.04 Å². The van der Waals surface area contributed by atoms with Crippen LogP contribution in [0.2, 0.25) is 0 Å². The molecule has 0 spiro atoms. The molecule has 0 saturated carbocycles. The molecule has 1 aliphatic rings. The summed E-state index contributed by atoms with van der Waals surface area (Å²) in [5, 5.41) is 9.24. The largest absolute Gasteiger partial charge is 0.490 e. The number of piperidine rings is 1. The molecule has 42 heavy (non-hydrogen) atoms. The number of hydrogen-bond acceptors (Lipinski definition) is 8. The Morgan fingerprint density at radius 1 is 1.12 bits per heavy atom. The predicted octanol–water partition coefficient (Wildman–Crippen LogP) is 5.06. The van der Waals surface area contributed by atoms with Crippen molar-refractivity contribution in [3.63, 3.8) is 0 Å². The summed E-state index contributed by atoms with van der Waals surface area (Å²) in [5.41, 5.74) is 1.98. The van der Waals surface area contributed by atoms with Gasteiger partial charge in [-0.3, -0.25) is 9.10 Å². The van der Waals surface area contributed by atoms with E-state index < -0.39 is 27.3 Å². The Morgan fingerprint density at radius 3 is 2.38 bits per heavy atom. The summed E-state index contributed by atoms with van der Waals surface area (Å²) in [4.78, 5) is 26.1. The van der Waals surface area contributed by atoms with Gasteiger partial charge in [-0.15, -0.1) is 0 Å². The van der Waals surface area contributed by atoms with Gasteiger partial charge >= 0.3 is 12.1 Å². The zero-order valence-corrected chi connectivity index (χ0v) is 25.6. The number of esters is 1. The molecule has 0 N–H and O–H groups in total. The fourth-order valence-electron chi connectivity index (χ4n) is 4.43. The molecule has 0 bridgehead atoms. The summed E-state index contributed by atoms with van der Waals surface area (Å²) in [7, 11) is -4.07. The number of sulfonamides is 1. The number of nitriles is 1. The van der Waals surface area contributed by atoms with E-state index in [1.165, 1.54) is 0 Å². The SMILES string of the molecule is CCOC(=O)CS(=O)(=O)N(C/C=C/c1cc(C)cc(C#N)c1)c1ccc(OC2CCN(C(=O)OC(C)(C)C)CC2)cc1. The molecule has 3 rings (SSSR count). The van der Waals surface area contributed by atoms with Gasteiger partial charge in [-0.05, 0) is 82.1 Å². The molecular formula is C31H39N3O7S. The Hall–Kier alpha value is -4.04. The molecule has 0 aromatic heterocycles. The number of likely N-dealkylation sites (tertiary alicyclic amines) is 1. The molecule has 0 unspecified atom stereocenters. The molecule has 2 aromatic carbocycles. The van der Waals surface area contributed by atoms with Crippen LogP contribution in [0.1, 0.15) is 57.2 Å². The maximum atomic E-state index is 13.3. The maximum absolute atomic E-state index is 13.3. The van der Waals surface area contributed by atoms with E-state index in [1.54, 1.807) is 60.4 Å². The standard InChI is InChI=1S/C31H39N3O7S/c1-6-39-29(35)22-42(37,38)34(15-7-8-24-18-23(2)19-25(20-24)21-32)26-9-11-27(12-10-26)40-28-13-16-33(17-14-28)30(36)41-31(3,4)5/h7-12,18-20,28H,6,13-17,22H2,1-5H3/b8-7+. The Bertz CT molecular complexity index is 1420. The molecular weight excluding hydrogens is 558 g/mol. The summed E-state index contributed by atoms with van der Waals surface area (Å²) in [6, 6.07) is 14.1. The van der Waals surface area contributed by atoms with E-state index in [2.05, 4.69) is 6.07 Å². The van der Waals surface area contributed by atoms with E-state index in [-0.39, 0.29) is 25.3 Å². The van der Waals surface area contributed by atoms with Gasteiger partial charge in [-0.2, -0.15) is 5.26 Å². The average Bonchev–Trinajstić information content (AvgIpc) is 2.90. The summed E-state index contributed by atoms with van der Waals surface area (Å²) in [5.74, 6) is -1.07. The molecule has 10 nitrogen and oxygen atoms in total. The Labute approximate surface area is 248 Å². The lowest BCUT2D eigenvalue weighted by Crippen LogP contribution is -2.44. The van der Waals surface area contributed by atoms with Crippen LogP contribution in [0, 0.1) is 18.3 Å². The van der Waals surface area contributed by atoms with Gasteiger partial charge in [0.15, 0.2) is 5.75 Å². The molecule has 11 heteroatoms. The first-order valence-electron chi connectivity index (χ1n) is 13.9. The minimum absolute atomic E-state index is 0.0408. The van der Waals surface area contributed by atoms with Crippen molar-refractivity contribution in [3.05, 3.63) is 65.2 Å². The smallest absolute Gasteiger partial charge is 0.410 e. The van der Waals surface area contributed by atoms with Crippen molar-refractivity contribution in [1.82, 2.24) is 4.90 Å². The van der Waals surface area contributed by atoms with Crippen molar-refractivity contribution in [1.29, 1.82) is 5.26 Å². The van der Waals surface area contributed by atoms with Crippen molar-refractivity contribution in [2.75, 3.05) is 36.3 Å². The highest BCUT2D eigenvalue weighted by Gasteiger charge is 2.28. The number of hydrogen-bond donors (Lipinski definition) is 0. The minimum Gasteiger partial charge on any atom is -0.490 e. The third-order valence-electron chi connectivity index (χ3n) is 6.27. The molecule has 0 atom stereocenters. The van der Waals surface area contributed by atoms with Crippen molar-refractivity contribution in [2.24, 2.45) is 0 Å². The van der Waals surface area contributed by atoms with E-state index >= 15 is 0 Å². The van der Waals surface area contributed by atoms with Gasteiger partial charge < -0.3 is 19.1 Å². The van der Waals surface area contributed by atoms with Crippen molar-refractivity contribution in [2.45, 2.75) is 59.2 Å². The van der Waals surface area contributed by atoms with E-state index in [1.807, 2.05) is 33.8 Å². The fourth-order valence-corrected chi connectivity index (χ4v) is 5.73. The van der Waals surface area contributed by atoms with E-state index in [0.717, 1.165) is 15.4 Å². The number of rotatable bonds is 10. The number of benzene rings is 2. The van der Waals surface area contributed by atoms with E-state index in [0.29, 0.717) is 42.9 Å². The zero-order chi connectivity index (χ0) is 30.9. The number of aryl methyl sites for hydroxylation is 1. The lowest BCUT2D eigenvalue weighted by atomic mass is 10.1. The molecule has 1 heterocycles. The summed E-state index contributed by atoms with van der Waals surface area (Å²) in [6.45, 7) is 10.1. The maximum Gasteiger partial charge on any atom is 0.410 e. The minimum atomic E-state index is -4.07. The summed E-state index contributed by atoms with van der Waals surface area (Å²) >= 11 is 0. The third kappa shape index (κ3) is 9.80. The van der Waals surface area contributed by atoms with Crippen LogP contribution in [0.3, 0.4) is 0 Å². The molecule has 0 radical (unpaired) electrons. The molecule has 1 aliphatic heterocycles. The van der Waals surface area contributed by atoms with Crippen LogP contribution >= 0.6 is 0 Å². The number of nitrogens with zero attached hydrogens (tertiary/aromatic N) is 3. The summed E-state index contributed by atoms with van der Waals surface area (Å²) < 4.78 is 44.1. The number of anilines is 1. The number of carbonyl (C=O) groups excluding carboxylic acids is 2. The monoisotopic (exact) mass is 597 g/mol. The van der Waals surface area contributed by atoms with E-state index in [9.17, 15) is 23.3 Å². The van der Waals surface area contributed by atoms with Gasteiger partial charge in [0.2, 0.25) is 10.0 Å². The van der Waals surface area contributed by atoms with Gasteiger partial charge in [0.25, 0.3) is 0 Å². The number of carbonyl (C=O) groups is 2. The topological polar surface area (TPSA) is 126 Å². The molecule has 2 aromatic rings. The highest BCUT2D eigenvalue weighted by molar-refractivity contribution is 7.93. The second-order valence-electron chi connectivity index (χ2n) is 11.0. The molecule has 1 saturated heterocycles. The van der Waals surface area contributed by atoms with Crippen LogP contribution in [0.5, 0.6) is 5.75 Å². The quantitative estimate of drug-likeness (QED) is 0.348. The van der Waals surface area contributed by atoms with Crippen LogP contribution in [0.15, 0.2) is 48.5 Å². The highest BCUT2D eigenvalue weighted by Crippen LogP contribution is 2.26. The van der Waals surface area contributed by atoms with Crippen molar-refractivity contribution < 1.29 is 32.2 Å². The average molecular weight is 598 g/mol. The van der Waals surface area contributed by atoms with Crippen LogP contribution in [0.25, 0.3) is 6.08 Å². The molecule has 0 aliphatic carbocycles. The Balaban J connectivity index is 1.72. The lowest BCUT2D eigenvalue weighted by Gasteiger charge is -2.33. The van der Waals surface area contributed by atoms with Crippen molar-refractivity contribution in [3.8, 4) is 11.8 Å². The van der Waals surface area contributed by atoms with Gasteiger partial charge in [-0.1, -0.05) is 18.2 Å². The Kier molecular flexibility index (Phi) is 11.0. The Morgan fingerprint density at radius 2 is 1.79 bits per heavy atom. The summed E-state index contributed by atoms with van der Waals surface area (Å²) in [6.07, 6.45) is 4.24. The van der Waals surface area contributed by atoms with E-state index in [4.69, 9.17) is 14.2 Å². The molecule has 226 valence electrons. The van der Waals surface area contributed by atoms with Crippen LogP contribution in [-0.4, -0.2) is 69.1 Å². The molecule has 1 fully saturated rings.